The van der Waals surface area contributed by atoms with Crippen molar-refractivity contribution in [3.63, 3.8) is 0 Å². The van der Waals surface area contributed by atoms with Gasteiger partial charge in [0.05, 0.1) is 6.20 Å². The van der Waals surface area contributed by atoms with Crippen LogP contribution in [0.15, 0.2) is 59.7 Å². The van der Waals surface area contributed by atoms with Crippen molar-refractivity contribution in [1.29, 1.82) is 0 Å². The summed E-state index contributed by atoms with van der Waals surface area (Å²) in [5, 5.41) is 0. The molecule has 0 aliphatic carbocycles. The summed E-state index contributed by atoms with van der Waals surface area (Å²) < 4.78 is 4.47. The van der Waals surface area contributed by atoms with E-state index >= 15 is 0 Å². The molecule has 0 aliphatic heterocycles. The van der Waals surface area contributed by atoms with E-state index in [-0.39, 0.29) is 19.5 Å². The second-order valence-corrected chi connectivity index (χ2v) is 1.83. The van der Waals surface area contributed by atoms with Crippen molar-refractivity contribution < 1.29 is 23.9 Å². The van der Waals surface area contributed by atoms with Crippen molar-refractivity contribution >= 4 is 0 Å². The zero-order valence-electron chi connectivity index (χ0n) is 6.76. The Morgan fingerprint density at radius 3 is 1.50 bits per heavy atom. The van der Waals surface area contributed by atoms with Gasteiger partial charge in [-0.25, -0.2) is 4.98 Å². The van der Waals surface area contributed by atoms with Crippen LogP contribution in [-0.4, -0.2) is 4.98 Å². The number of aromatic nitrogens is 1. The van der Waals surface area contributed by atoms with Gasteiger partial charge in [0.2, 0.25) is 0 Å². The van der Waals surface area contributed by atoms with E-state index in [2.05, 4.69) is 9.40 Å². The first-order valence-electron chi connectivity index (χ1n) is 3.32. The molecule has 2 nitrogen and oxygen atoms in total. The molecule has 2 rings (SSSR count). The predicted octanol–water partition coefficient (Wildman–Crippen LogP) is 2.36. The minimum atomic E-state index is 0. The minimum Gasteiger partial charge on any atom is -0.452 e. The Morgan fingerprint density at radius 1 is 0.833 bits per heavy atom. The minimum absolute atomic E-state index is 0. The topological polar surface area (TPSA) is 26.0 Å². The number of rotatable bonds is 0. The van der Waals surface area contributed by atoms with Crippen LogP contribution in [0.25, 0.3) is 0 Å². The summed E-state index contributed by atoms with van der Waals surface area (Å²) >= 11 is 0. The second-order valence-electron chi connectivity index (χ2n) is 1.83. The summed E-state index contributed by atoms with van der Waals surface area (Å²) in [6.45, 7) is 0. The van der Waals surface area contributed by atoms with Crippen molar-refractivity contribution in [2.75, 3.05) is 0 Å². The SMILES string of the molecule is [Zn].c1ccccc1.c1cocn1. The van der Waals surface area contributed by atoms with Crippen molar-refractivity contribution in [3.05, 3.63) is 55.3 Å². The second kappa shape index (κ2) is 8.15. The summed E-state index contributed by atoms with van der Waals surface area (Å²) in [7, 11) is 0. The van der Waals surface area contributed by atoms with Crippen molar-refractivity contribution in [3.8, 4) is 0 Å². The number of benzene rings is 1. The van der Waals surface area contributed by atoms with E-state index < -0.39 is 0 Å². The van der Waals surface area contributed by atoms with Crippen LogP contribution in [0.5, 0.6) is 0 Å². The third-order valence-electron chi connectivity index (χ3n) is 1.01. The Kier molecular flexibility index (Phi) is 7.51. The van der Waals surface area contributed by atoms with Crippen LogP contribution >= 0.6 is 0 Å². The number of nitrogens with zero attached hydrogens (tertiary/aromatic N) is 1. The van der Waals surface area contributed by atoms with Gasteiger partial charge in [0.1, 0.15) is 6.26 Å². The van der Waals surface area contributed by atoms with E-state index in [1.807, 2.05) is 36.4 Å². The number of hydrogen-bond acceptors (Lipinski definition) is 2. The van der Waals surface area contributed by atoms with Crippen LogP contribution in [0, 0.1) is 0 Å². The molecule has 0 fully saturated rings. The van der Waals surface area contributed by atoms with Gasteiger partial charge < -0.3 is 4.42 Å². The van der Waals surface area contributed by atoms with Gasteiger partial charge in [0.25, 0.3) is 0 Å². The Balaban J connectivity index is 0.000000189. The zero-order valence-corrected chi connectivity index (χ0v) is 9.73. The molecule has 1 aromatic heterocycles. The standard InChI is InChI=1S/C6H6.C3H3NO.Zn/c1-2-4-6-5-3-1;1-2-5-3-4-1;/h1-6H;1-3H;. The molecule has 0 saturated carbocycles. The van der Waals surface area contributed by atoms with Gasteiger partial charge in [-0.2, -0.15) is 0 Å². The van der Waals surface area contributed by atoms with E-state index in [0.29, 0.717) is 0 Å². The molecule has 0 radical (unpaired) electrons. The maximum Gasteiger partial charge on any atom is 0.180 e. The monoisotopic (exact) mass is 211 g/mol. The molecular weight excluding hydrogens is 203 g/mol. The van der Waals surface area contributed by atoms with Gasteiger partial charge in [-0.3, -0.25) is 0 Å². The summed E-state index contributed by atoms with van der Waals surface area (Å²) in [5.74, 6) is 0. The van der Waals surface area contributed by atoms with E-state index in [9.17, 15) is 0 Å². The molecule has 12 heavy (non-hydrogen) atoms. The van der Waals surface area contributed by atoms with Gasteiger partial charge in [-0.05, 0) is 0 Å². The molecule has 0 atom stereocenters. The van der Waals surface area contributed by atoms with E-state index in [1.165, 1.54) is 12.7 Å². The smallest absolute Gasteiger partial charge is 0.180 e. The largest absolute Gasteiger partial charge is 0.452 e. The van der Waals surface area contributed by atoms with Gasteiger partial charge >= 0.3 is 0 Å². The molecular formula is C9H9NOZn. The molecule has 0 unspecified atom stereocenters. The average Bonchev–Trinajstić information content (AvgIpc) is 2.64. The molecule has 58 valence electrons. The fourth-order valence-corrected chi connectivity index (χ4v) is 0.561. The first-order chi connectivity index (χ1) is 5.50. The van der Waals surface area contributed by atoms with E-state index in [1.54, 1.807) is 6.20 Å². The predicted molar refractivity (Wildman–Crippen MR) is 42.9 cm³/mol. The van der Waals surface area contributed by atoms with Gasteiger partial charge in [-0.1, -0.05) is 36.4 Å². The van der Waals surface area contributed by atoms with E-state index in [0.717, 1.165) is 0 Å². The Morgan fingerprint density at radius 2 is 1.33 bits per heavy atom. The summed E-state index contributed by atoms with van der Waals surface area (Å²) in [5.41, 5.74) is 0. The normalized spacial score (nSPS) is 7.33. The molecule has 2 aromatic rings. The maximum absolute atomic E-state index is 4.47. The molecule has 0 N–H and O–H groups in total. The zero-order chi connectivity index (χ0) is 7.78. The van der Waals surface area contributed by atoms with Gasteiger partial charge in [-0.15, -0.1) is 0 Å². The Labute approximate surface area is 84.4 Å². The first kappa shape index (κ1) is 11.1. The van der Waals surface area contributed by atoms with Crippen LogP contribution < -0.4 is 0 Å². The molecule has 1 heterocycles. The Hall–Kier alpha value is -0.947. The van der Waals surface area contributed by atoms with E-state index in [4.69, 9.17) is 0 Å². The van der Waals surface area contributed by atoms with Crippen molar-refractivity contribution in [1.82, 2.24) is 4.98 Å². The summed E-state index contributed by atoms with van der Waals surface area (Å²) in [4.78, 5) is 3.56. The molecule has 0 saturated heterocycles. The van der Waals surface area contributed by atoms with Crippen LogP contribution in [0.3, 0.4) is 0 Å². The molecule has 0 spiro atoms. The van der Waals surface area contributed by atoms with Crippen molar-refractivity contribution in [2.45, 2.75) is 0 Å². The average molecular weight is 213 g/mol. The van der Waals surface area contributed by atoms with Crippen LogP contribution in [0.2, 0.25) is 0 Å². The number of hydrogen-bond donors (Lipinski definition) is 0. The third kappa shape index (κ3) is 5.81. The summed E-state index contributed by atoms with van der Waals surface area (Å²) in [6, 6.07) is 12.0. The molecule has 0 amide bonds. The molecule has 0 aliphatic rings. The number of oxazole rings is 1. The quantitative estimate of drug-likeness (QED) is 0.627. The molecule has 3 heteroatoms. The molecule has 1 aromatic carbocycles. The fraction of sp³-hybridized carbons (Fsp3) is 0. The molecule has 0 bridgehead atoms. The van der Waals surface area contributed by atoms with Crippen LogP contribution in [0.1, 0.15) is 0 Å². The van der Waals surface area contributed by atoms with Gasteiger partial charge in [0, 0.05) is 19.5 Å². The Bertz CT molecular complexity index is 200. The maximum atomic E-state index is 4.47. The third-order valence-corrected chi connectivity index (χ3v) is 1.01. The van der Waals surface area contributed by atoms with Gasteiger partial charge in [0.15, 0.2) is 6.39 Å². The van der Waals surface area contributed by atoms with Crippen LogP contribution in [-0.2, 0) is 19.5 Å². The first-order valence-corrected chi connectivity index (χ1v) is 3.32. The fourth-order valence-electron chi connectivity index (χ4n) is 0.561. The van der Waals surface area contributed by atoms with Crippen LogP contribution in [0.4, 0.5) is 0 Å². The summed E-state index contributed by atoms with van der Waals surface area (Å²) in [6.07, 6.45) is 4.47. The van der Waals surface area contributed by atoms with Crippen molar-refractivity contribution in [2.24, 2.45) is 0 Å².